The summed E-state index contributed by atoms with van der Waals surface area (Å²) in [7, 11) is 0. The first-order valence-electron chi connectivity index (χ1n) is 3.54. The second-order valence-electron chi connectivity index (χ2n) is 2.44. The molecule has 0 bridgehead atoms. The van der Waals surface area contributed by atoms with Crippen molar-refractivity contribution >= 4 is 29.6 Å². The normalized spacial score (nSPS) is 15.3. The van der Waals surface area contributed by atoms with Crippen LogP contribution in [0, 0.1) is 56.9 Å². The van der Waals surface area contributed by atoms with Gasteiger partial charge in [0.05, 0.1) is 6.20 Å². The molecule has 0 saturated heterocycles. The maximum atomic E-state index is 8.84. The third kappa shape index (κ3) is 1.55. The van der Waals surface area contributed by atoms with Gasteiger partial charge < -0.3 is 0 Å². The largest absolute Gasteiger partial charge is 0.279 e. The summed E-state index contributed by atoms with van der Waals surface area (Å²) in [5, 5.41) is 44.9. The molecule has 0 aromatic carbocycles. The monoisotopic (exact) mass is 218 g/mol. The van der Waals surface area contributed by atoms with E-state index in [1.54, 1.807) is 24.4 Å². The molecule has 0 aromatic rings. The van der Waals surface area contributed by atoms with Crippen molar-refractivity contribution in [1.29, 1.82) is 26.3 Å². The molecule has 1 aliphatic rings. The Morgan fingerprint density at radius 3 is 1.88 bits per heavy atom. The summed E-state index contributed by atoms with van der Waals surface area (Å²) in [4.78, 5) is 0. The molecule has 7 nitrogen and oxygen atoms in total. The molecule has 0 spiro atoms. The minimum atomic E-state index is -2.03. The smallest absolute Gasteiger partial charge is 0.194 e. The van der Waals surface area contributed by atoms with Crippen LogP contribution >= 0.6 is 0 Å². The average molecular weight is 218 g/mol. The minimum absolute atomic E-state index is 0. The van der Waals surface area contributed by atoms with E-state index in [1.165, 1.54) is 6.19 Å². The zero-order valence-electron chi connectivity index (χ0n) is 8.21. The molecule has 1 rings (SSSR count). The van der Waals surface area contributed by atoms with Gasteiger partial charge in [0.1, 0.15) is 23.8 Å². The fraction of sp³-hybridized carbons (Fsp3) is 0.125. The molecule has 8 heteroatoms. The van der Waals surface area contributed by atoms with E-state index in [-0.39, 0.29) is 35.1 Å². The SMILES string of the molecule is N#CC1=CN(C#N)N(C#N)C1(C#N)C#N.[Na]. The van der Waals surface area contributed by atoms with Gasteiger partial charge in [-0.25, -0.2) is 0 Å². The summed E-state index contributed by atoms with van der Waals surface area (Å²) in [6.45, 7) is 0. The Morgan fingerprint density at radius 2 is 1.56 bits per heavy atom. The Hall–Kier alpha value is -2.21. The predicted molar refractivity (Wildman–Crippen MR) is 48.3 cm³/mol. The van der Waals surface area contributed by atoms with Gasteiger partial charge in [-0.2, -0.15) is 36.3 Å². The minimum Gasteiger partial charge on any atom is -0.194 e. The fourth-order valence-corrected chi connectivity index (χ4v) is 1.10. The number of rotatable bonds is 0. The van der Waals surface area contributed by atoms with E-state index in [4.69, 9.17) is 26.3 Å². The Bertz CT molecular complexity index is 515. The van der Waals surface area contributed by atoms with Crippen LogP contribution < -0.4 is 0 Å². The number of nitriles is 5. The maximum Gasteiger partial charge on any atom is 0.279 e. The standard InChI is InChI=1S/C8HN7.Na/c9-1-7-2-14(5-12)15(6-13)8(7,3-10)4-11;/h2H;. The van der Waals surface area contributed by atoms with Crippen molar-refractivity contribution in [3.8, 4) is 30.6 Å². The van der Waals surface area contributed by atoms with Crippen LogP contribution in [0.15, 0.2) is 11.8 Å². The summed E-state index contributed by atoms with van der Waals surface area (Å²) in [5.41, 5.74) is -2.28. The summed E-state index contributed by atoms with van der Waals surface area (Å²) >= 11 is 0. The van der Waals surface area contributed by atoms with E-state index in [1.807, 2.05) is 0 Å². The summed E-state index contributed by atoms with van der Waals surface area (Å²) in [6, 6.07) is 4.72. The second-order valence-corrected chi connectivity index (χ2v) is 2.44. The first kappa shape index (κ1) is 13.8. The maximum absolute atomic E-state index is 8.84. The average Bonchev–Trinajstić information content (AvgIpc) is 2.61. The summed E-state index contributed by atoms with van der Waals surface area (Å²) in [6.07, 6.45) is 4.05. The molecule has 16 heavy (non-hydrogen) atoms. The van der Waals surface area contributed by atoms with E-state index < -0.39 is 5.54 Å². The zero-order chi connectivity index (χ0) is 11.5. The van der Waals surface area contributed by atoms with Crippen LogP contribution in [0.5, 0.6) is 0 Å². The van der Waals surface area contributed by atoms with Crippen LogP contribution in [0.4, 0.5) is 0 Å². The van der Waals surface area contributed by atoms with Gasteiger partial charge in [-0.05, 0) is 0 Å². The van der Waals surface area contributed by atoms with Crippen molar-refractivity contribution in [3.05, 3.63) is 11.8 Å². The Morgan fingerprint density at radius 1 is 1.00 bits per heavy atom. The molecule has 0 aliphatic carbocycles. The molecule has 0 atom stereocenters. The van der Waals surface area contributed by atoms with Crippen LogP contribution in [-0.4, -0.2) is 45.1 Å². The quantitative estimate of drug-likeness (QED) is 0.388. The predicted octanol–water partition coefficient (Wildman–Crippen LogP) is -0.706. The number of hydrogen-bond donors (Lipinski definition) is 0. The van der Waals surface area contributed by atoms with Gasteiger partial charge in [0, 0.05) is 29.6 Å². The van der Waals surface area contributed by atoms with Gasteiger partial charge in [-0.3, -0.25) is 0 Å². The third-order valence-electron chi connectivity index (χ3n) is 1.82. The Balaban J connectivity index is 0.00000225. The van der Waals surface area contributed by atoms with Gasteiger partial charge in [0.25, 0.3) is 5.54 Å². The van der Waals surface area contributed by atoms with Crippen LogP contribution in [-0.2, 0) is 0 Å². The molecule has 1 aliphatic heterocycles. The van der Waals surface area contributed by atoms with Crippen molar-refractivity contribution in [1.82, 2.24) is 10.0 Å². The molecule has 69 valence electrons. The van der Waals surface area contributed by atoms with Crippen molar-refractivity contribution in [2.75, 3.05) is 0 Å². The molecular formula is C8HN7Na. The fourth-order valence-electron chi connectivity index (χ4n) is 1.10. The van der Waals surface area contributed by atoms with E-state index in [0.717, 1.165) is 6.20 Å². The number of nitrogens with zero attached hydrogens (tertiary/aromatic N) is 7. The van der Waals surface area contributed by atoms with Crippen LogP contribution in [0.2, 0.25) is 0 Å². The number of hydrazine groups is 1. The molecule has 1 radical (unpaired) electrons. The molecule has 1 heterocycles. The molecule has 0 amide bonds. The van der Waals surface area contributed by atoms with E-state index in [0.29, 0.717) is 10.0 Å². The van der Waals surface area contributed by atoms with Crippen molar-refractivity contribution in [3.63, 3.8) is 0 Å². The first-order valence-corrected chi connectivity index (χ1v) is 3.54. The summed E-state index contributed by atoms with van der Waals surface area (Å²) < 4.78 is 0. The van der Waals surface area contributed by atoms with Gasteiger partial charge in [0.15, 0.2) is 0 Å². The molecule has 0 unspecified atom stereocenters. The van der Waals surface area contributed by atoms with Crippen LogP contribution in [0.25, 0.3) is 0 Å². The van der Waals surface area contributed by atoms with Gasteiger partial charge in [-0.1, -0.05) is 0 Å². The van der Waals surface area contributed by atoms with Gasteiger partial charge in [-0.15, -0.1) is 0 Å². The van der Waals surface area contributed by atoms with Crippen LogP contribution in [0.1, 0.15) is 0 Å². The molecular weight excluding hydrogens is 217 g/mol. The van der Waals surface area contributed by atoms with Crippen molar-refractivity contribution in [2.24, 2.45) is 0 Å². The third-order valence-corrected chi connectivity index (χ3v) is 1.82. The van der Waals surface area contributed by atoms with Gasteiger partial charge in [0.2, 0.25) is 12.4 Å². The molecule has 0 N–H and O–H groups in total. The summed E-state index contributed by atoms with van der Waals surface area (Å²) in [5.74, 6) is 0. The Kier molecular flexibility index (Phi) is 4.34. The molecule has 0 aromatic heterocycles. The topological polar surface area (TPSA) is 125 Å². The zero-order valence-corrected chi connectivity index (χ0v) is 10.2. The second kappa shape index (κ2) is 5.04. The van der Waals surface area contributed by atoms with E-state index in [2.05, 4.69) is 0 Å². The Labute approximate surface area is 113 Å². The van der Waals surface area contributed by atoms with E-state index in [9.17, 15) is 0 Å². The van der Waals surface area contributed by atoms with E-state index >= 15 is 0 Å². The van der Waals surface area contributed by atoms with Crippen molar-refractivity contribution in [2.45, 2.75) is 5.54 Å². The first-order chi connectivity index (χ1) is 7.19. The van der Waals surface area contributed by atoms with Crippen molar-refractivity contribution < 1.29 is 0 Å². The van der Waals surface area contributed by atoms with Crippen LogP contribution in [0.3, 0.4) is 0 Å². The van der Waals surface area contributed by atoms with Gasteiger partial charge >= 0.3 is 0 Å². The molecule has 0 saturated carbocycles. The molecule has 0 fully saturated rings. The number of hydrogen-bond acceptors (Lipinski definition) is 7.